The van der Waals surface area contributed by atoms with Crippen LogP contribution in [0.4, 0.5) is 0 Å². The van der Waals surface area contributed by atoms with Gasteiger partial charge in [0.1, 0.15) is 0 Å². The Morgan fingerprint density at radius 2 is 1.75 bits per heavy atom. The molecule has 1 saturated heterocycles. The maximum atomic E-state index is 9.60. The molecule has 1 aliphatic rings. The summed E-state index contributed by atoms with van der Waals surface area (Å²) in [6, 6.07) is 0. The number of aliphatic hydroxyl groups is 1. The van der Waals surface area contributed by atoms with E-state index in [-0.39, 0.29) is 0 Å². The van der Waals surface area contributed by atoms with Crippen molar-refractivity contribution in [1.82, 2.24) is 0 Å². The average Bonchev–Trinajstić information content (AvgIpc) is 2.62. The van der Waals surface area contributed by atoms with Crippen molar-refractivity contribution in [2.24, 2.45) is 5.73 Å². The van der Waals surface area contributed by atoms with Gasteiger partial charge < -0.3 is 15.6 Å². The minimum absolute atomic E-state index is 0.405. The fourth-order valence-corrected chi connectivity index (χ4v) is 2.18. The molecule has 24 heavy (non-hydrogen) atoms. The van der Waals surface area contributed by atoms with Gasteiger partial charge in [0.15, 0.2) is 0 Å². The first-order valence-electron chi connectivity index (χ1n) is 9.18. The molecule has 0 unspecified atom stereocenters. The van der Waals surface area contributed by atoms with Gasteiger partial charge in [-0.15, -0.1) is 0 Å². The van der Waals surface area contributed by atoms with E-state index in [1.165, 1.54) is 0 Å². The van der Waals surface area contributed by atoms with Crippen LogP contribution >= 0.6 is 11.6 Å². The molecule has 1 heterocycles. The number of hydrogen-bond donors (Lipinski definition) is 2. The van der Waals surface area contributed by atoms with Gasteiger partial charge in [-0.2, -0.15) is 0 Å². The normalized spacial score (nSPS) is 17.1. The van der Waals surface area contributed by atoms with Crippen molar-refractivity contribution in [1.29, 1.82) is 0 Å². The number of ether oxygens (including phenoxy) is 1. The summed E-state index contributed by atoms with van der Waals surface area (Å²) in [5.41, 5.74) is 7.00. The summed E-state index contributed by atoms with van der Waals surface area (Å²) in [5, 5.41) is 10.4. The minimum Gasteiger partial charge on any atom is -0.399 e. The lowest BCUT2D eigenvalue weighted by molar-refractivity contribution is -0.0650. The standard InChI is InChI=1S/C11H18ClN.C7H14O2.C2H6/c1-4-6-10(12)7-8-11(13)9(3)5-2;1-2-7(8)3-5-9-6-4-7;1-2/h7-8H,3-6,13H2,1-2H3;8H,2-6H2,1H3;1-2H3/b10-7+,11-8+;;. The molecule has 0 aromatic carbocycles. The Balaban J connectivity index is 0. The third kappa shape index (κ3) is 12.6. The van der Waals surface area contributed by atoms with Crippen molar-refractivity contribution in [2.45, 2.75) is 78.7 Å². The maximum absolute atomic E-state index is 9.60. The highest BCUT2D eigenvalue weighted by Gasteiger charge is 2.26. The first-order chi connectivity index (χ1) is 11.4. The molecule has 1 aliphatic heterocycles. The first-order valence-corrected chi connectivity index (χ1v) is 9.56. The molecule has 1 fully saturated rings. The van der Waals surface area contributed by atoms with Crippen LogP contribution < -0.4 is 5.73 Å². The van der Waals surface area contributed by atoms with Crippen molar-refractivity contribution in [3.05, 3.63) is 35.0 Å². The largest absolute Gasteiger partial charge is 0.399 e. The van der Waals surface area contributed by atoms with Crippen LogP contribution in [0.5, 0.6) is 0 Å². The molecule has 0 aromatic rings. The van der Waals surface area contributed by atoms with E-state index in [0.717, 1.165) is 68.0 Å². The van der Waals surface area contributed by atoms with Crippen LogP contribution in [0.1, 0.15) is 73.1 Å². The zero-order valence-corrected chi connectivity index (χ0v) is 17.1. The molecule has 0 saturated carbocycles. The number of halogens is 1. The molecular weight excluding hydrogens is 322 g/mol. The van der Waals surface area contributed by atoms with Gasteiger partial charge in [-0.3, -0.25) is 0 Å². The molecule has 3 nitrogen and oxygen atoms in total. The predicted octanol–water partition coefficient (Wildman–Crippen LogP) is 5.68. The molecule has 3 N–H and O–H groups in total. The van der Waals surface area contributed by atoms with Crippen molar-refractivity contribution in [3.8, 4) is 0 Å². The Bertz CT molecular complexity index is 383. The Morgan fingerprint density at radius 1 is 1.21 bits per heavy atom. The molecule has 0 radical (unpaired) electrons. The smallest absolute Gasteiger partial charge is 0.0689 e. The molecule has 0 aromatic heterocycles. The van der Waals surface area contributed by atoms with E-state index in [2.05, 4.69) is 13.5 Å². The van der Waals surface area contributed by atoms with Gasteiger partial charge in [0, 0.05) is 23.9 Å². The summed E-state index contributed by atoms with van der Waals surface area (Å²) in [7, 11) is 0. The Kier molecular flexibility index (Phi) is 16.7. The van der Waals surface area contributed by atoms with Gasteiger partial charge in [-0.25, -0.2) is 0 Å². The Morgan fingerprint density at radius 3 is 2.12 bits per heavy atom. The van der Waals surface area contributed by atoms with Gasteiger partial charge in [0.05, 0.1) is 5.60 Å². The van der Waals surface area contributed by atoms with Gasteiger partial charge in [0.25, 0.3) is 0 Å². The van der Waals surface area contributed by atoms with E-state index in [1.54, 1.807) is 0 Å². The Hall–Kier alpha value is -0.770. The van der Waals surface area contributed by atoms with Crippen LogP contribution in [-0.4, -0.2) is 23.9 Å². The van der Waals surface area contributed by atoms with Crippen LogP contribution in [0.3, 0.4) is 0 Å². The van der Waals surface area contributed by atoms with E-state index in [9.17, 15) is 5.11 Å². The van der Waals surface area contributed by atoms with E-state index < -0.39 is 5.60 Å². The van der Waals surface area contributed by atoms with Gasteiger partial charge in [-0.05, 0) is 49.8 Å². The van der Waals surface area contributed by atoms with Gasteiger partial charge in [-0.1, -0.05) is 59.2 Å². The lowest BCUT2D eigenvalue weighted by Crippen LogP contribution is -2.35. The summed E-state index contributed by atoms with van der Waals surface area (Å²) in [5.74, 6) is 0. The van der Waals surface area contributed by atoms with Crippen LogP contribution in [0, 0.1) is 0 Å². The van der Waals surface area contributed by atoms with Gasteiger partial charge >= 0.3 is 0 Å². The third-order valence-corrected chi connectivity index (χ3v) is 4.16. The lowest BCUT2D eigenvalue weighted by Gasteiger charge is -2.30. The zero-order chi connectivity index (χ0) is 19.0. The van der Waals surface area contributed by atoms with Crippen LogP contribution in [0.15, 0.2) is 35.0 Å². The van der Waals surface area contributed by atoms with Crippen molar-refractivity contribution < 1.29 is 9.84 Å². The molecule has 4 heteroatoms. The van der Waals surface area contributed by atoms with Crippen molar-refractivity contribution >= 4 is 11.6 Å². The SMILES string of the molecule is C=C(CC)/C(N)=C\C=C(\Cl)CCC.CC.CCC1(O)CCOCC1. The average molecular weight is 360 g/mol. The maximum Gasteiger partial charge on any atom is 0.0689 e. The summed E-state index contributed by atoms with van der Waals surface area (Å²) in [6.07, 6.45) is 8.98. The fraction of sp³-hybridized carbons (Fsp3) is 0.700. The van der Waals surface area contributed by atoms with E-state index in [0.29, 0.717) is 0 Å². The number of rotatable bonds is 6. The molecule has 142 valence electrons. The number of nitrogens with two attached hydrogens (primary N) is 1. The summed E-state index contributed by atoms with van der Waals surface area (Å²) in [4.78, 5) is 0. The zero-order valence-electron chi connectivity index (χ0n) is 16.3. The number of hydrogen-bond acceptors (Lipinski definition) is 3. The molecule has 0 bridgehead atoms. The quantitative estimate of drug-likeness (QED) is 0.599. The van der Waals surface area contributed by atoms with Crippen LogP contribution in [-0.2, 0) is 4.74 Å². The summed E-state index contributed by atoms with van der Waals surface area (Å²) in [6.45, 7) is 15.4. The number of allylic oxidation sites excluding steroid dienone is 4. The highest BCUT2D eigenvalue weighted by molar-refractivity contribution is 6.29. The van der Waals surface area contributed by atoms with E-state index in [1.807, 2.05) is 39.8 Å². The van der Waals surface area contributed by atoms with E-state index >= 15 is 0 Å². The minimum atomic E-state index is -0.405. The second kappa shape index (κ2) is 15.7. The second-order valence-electron chi connectivity index (χ2n) is 5.63. The summed E-state index contributed by atoms with van der Waals surface area (Å²) < 4.78 is 5.11. The highest BCUT2D eigenvalue weighted by Crippen LogP contribution is 2.23. The molecule has 0 atom stereocenters. The topological polar surface area (TPSA) is 55.5 Å². The molecular formula is C20H38ClNO2. The van der Waals surface area contributed by atoms with Crippen LogP contribution in [0.25, 0.3) is 0 Å². The molecule has 0 amide bonds. The Labute approximate surface area is 154 Å². The van der Waals surface area contributed by atoms with Crippen molar-refractivity contribution in [2.75, 3.05) is 13.2 Å². The predicted molar refractivity (Wildman–Crippen MR) is 107 cm³/mol. The summed E-state index contributed by atoms with van der Waals surface area (Å²) >= 11 is 5.90. The first kappa shape index (κ1) is 25.5. The van der Waals surface area contributed by atoms with Gasteiger partial charge in [0.2, 0.25) is 0 Å². The highest BCUT2D eigenvalue weighted by atomic mass is 35.5. The molecule has 0 aliphatic carbocycles. The van der Waals surface area contributed by atoms with Crippen molar-refractivity contribution in [3.63, 3.8) is 0 Å². The fourth-order valence-electron chi connectivity index (χ4n) is 1.93. The second-order valence-corrected chi connectivity index (χ2v) is 6.12. The third-order valence-electron chi connectivity index (χ3n) is 3.85. The van der Waals surface area contributed by atoms with E-state index in [4.69, 9.17) is 22.1 Å². The monoisotopic (exact) mass is 359 g/mol. The lowest BCUT2D eigenvalue weighted by atomic mass is 9.92. The molecule has 0 spiro atoms. The molecule has 1 rings (SSSR count). The van der Waals surface area contributed by atoms with Crippen LogP contribution in [0.2, 0.25) is 0 Å².